The van der Waals surface area contributed by atoms with Crippen molar-refractivity contribution in [1.82, 2.24) is 4.90 Å². The third kappa shape index (κ3) is 5.33. The lowest BCUT2D eigenvalue weighted by atomic mass is 10.1. The Labute approximate surface area is 124 Å². The molecule has 0 aromatic heterocycles. The second kappa shape index (κ2) is 7.65. The molecule has 0 aliphatic carbocycles. The first kappa shape index (κ1) is 16.2. The molecule has 1 amide bonds. The number of rotatable bonds is 6. The third-order valence-corrected chi connectivity index (χ3v) is 4.31. The monoisotopic (exact) mass is 326 g/mol. The molecule has 0 saturated carbocycles. The zero-order chi connectivity index (χ0) is 14.4. The minimum Gasteiger partial charge on any atom is -0.336 e. The third-order valence-electron chi connectivity index (χ3n) is 2.86. The molecular weight excluding hydrogens is 304 g/mol. The Morgan fingerprint density at radius 3 is 2.32 bits per heavy atom. The Morgan fingerprint density at radius 2 is 1.84 bits per heavy atom. The number of amides is 1. The van der Waals surface area contributed by atoms with Crippen LogP contribution in [0.5, 0.6) is 0 Å². The molecule has 0 heterocycles. The van der Waals surface area contributed by atoms with Crippen molar-refractivity contribution in [2.75, 3.05) is 6.54 Å². The van der Waals surface area contributed by atoms with E-state index in [0.717, 1.165) is 5.56 Å². The van der Waals surface area contributed by atoms with Gasteiger partial charge < -0.3 is 10.6 Å². The highest BCUT2D eigenvalue weighted by Gasteiger charge is 2.25. The summed E-state index contributed by atoms with van der Waals surface area (Å²) in [5.41, 5.74) is 6.98. The van der Waals surface area contributed by atoms with Gasteiger partial charge >= 0.3 is 0 Å². The van der Waals surface area contributed by atoms with E-state index in [1.165, 1.54) is 0 Å². The number of nitrogens with two attached hydrogens (primary N) is 1. The molecule has 1 rings (SSSR count). The van der Waals surface area contributed by atoms with E-state index in [1.807, 2.05) is 56.0 Å². The van der Waals surface area contributed by atoms with Crippen LogP contribution in [0.1, 0.15) is 26.3 Å². The molecule has 4 heteroatoms. The number of halogens is 1. The number of carbonyl (C=O) groups excluding carboxylic acids is 1. The van der Waals surface area contributed by atoms with E-state index in [-0.39, 0.29) is 22.7 Å². The number of benzene rings is 1. The van der Waals surface area contributed by atoms with Crippen LogP contribution in [-0.4, -0.2) is 28.2 Å². The molecule has 1 aromatic carbocycles. The Balaban J connectivity index is 2.80. The van der Waals surface area contributed by atoms with E-state index in [4.69, 9.17) is 5.73 Å². The van der Waals surface area contributed by atoms with Crippen molar-refractivity contribution in [1.29, 1.82) is 0 Å². The van der Waals surface area contributed by atoms with Gasteiger partial charge in [0.2, 0.25) is 5.91 Å². The topological polar surface area (TPSA) is 46.3 Å². The van der Waals surface area contributed by atoms with E-state index in [9.17, 15) is 4.79 Å². The molecule has 2 atom stereocenters. The van der Waals surface area contributed by atoms with Gasteiger partial charge in [0.05, 0.1) is 4.83 Å². The summed E-state index contributed by atoms with van der Waals surface area (Å²) in [6, 6.07) is 9.97. The summed E-state index contributed by atoms with van der Waals surface area (Å²) < 4.78 is 0. The molecule has 19 heavy (non-hydrogen) atoms. The molecule has 1 aromatic rings. The fourth-order valence-electron chi connectivity index (χ4n) is 1.84. The maximum Gasteiger partial charge on any atom is 0.236 e. The van der Waals surface area contributed by atoms with Gasteiger partial charge in [-0.25, -0.2) is 0 Å². The molecule has 0 bridgehead atoms. The molecule has 1 unspecified atom stereocenters. The van der Waals surface area contributed by atoms with Crippen molar-refractivity contribution < 1.29 is 4.79 Å². The van der Waals surface area contributed by atoms with Crippen LogP contribution < -0.4 is 5.73 Å². The minimum absolute atomic E-state index is 0.0282. The van der Waals surface area contributed by atoms with Gasteiger partial charge in [-0.05, 0) is 18.4 Å². The molecule has 0 saturated heterocycles. The summed E-state index contributed by atoms with van der Waals surface area (Å²) in [4.78, 5) is 14.1. The first-order chi connectivity index (χ1) is 8.91. The molecule has 3 nitrogen and oxygen atoms in total. The second-order valence-corrected chi connectivity index (χ2v) is 6.31. The van der Waals surface area contributed by atoms with Crippen LogP contribution in [0.2, 0.25) is 0 Å². The highest BCUT2D eigenvalue weighted by Crippen LogP contribution is 2.17. The quantitative estimate of drug-likeness (QED) is 0.817. The van der Waals surface area contributed by atoms with Crippen LogP contribution in [-0.2, 0) is 11.3 Å². The fourth-order valence-corrected chi connectivity index (χ4v) is 2.13. The molecule has 0 radical (unpaired) electrons. The van der Waals surface area contributed by atoms with Gasteiger partial charge in [-0.2, -0.15) is 0 Å². The summed E-state index contributed by atoms with van der Waals surface area (Å²) in [5.74, 6) is 0.370. The largest absolute Gasteiger partial charge is 0.336 e. The van der Waals surface area contributed by atoms with Gasteiger partial charge in [-0.1, -0.05) is 60.1 Å². The smallest absolute Gasteiger partial charge is 0.236 e. The average molecular weight is 327 g/mol. The van der Waals surface area contributed by atoms with Crippen molar-refractivity contribution in [3.63, 3.8) is 0 Å². The van der Waals surface area contributed by atoms with Gasteiger partial charge in [0, 0.05) is 19.1 Å². The van der Waals surface area contributed by atoms with Crippen molar-refractivity contribution >= 4 is 21.8 Å². The van der Waals surface area contributed by atoms with Gasteiger partial charge in [0.25, 0.3) is 0 Å². The molecule has 0 fully saturated rings. The lowest BCUT2D eigenvalue weighted by Crippen LogP contribution is -2.43. The molecule has 2 N–H and O–H groups in total. The van der Waals surface area contributed by atoms with E-state index in [1.54, 1.807) is 0 Å². The van der Waals surface area contributed by atoms with Gasteiger partial charge in [-0.15, -0.1) is 0 Å². The highest BCUT2D eigenvalue weighted by molar-refractivity contribution is 9.10. The van der Waals surface area contributed by atoms with Crippen LogP contribution in [0.4, 0.5) is 0 Å². The number of hydrogen-bond acceptors (Lipinski definition) is 2. The zero-order valence-electron chi connectivity index (χ0n) is 11.8. The van der Waals surface area contributed by atoms with E-state index < -0.39 is 0 Å². The molecule has 0 spiro atoms. The number of nitrogens with zero attached hydrogens (tertiary/aromatic N) is 1. The number of alkyl halides is 1. The van der Waals surface area contributed by atoms with E-state index in [0.29, 0.717) is 13.1 Å². The SMILES string of the molecule is CC(C)C(Br)C(=O)N(Cc1ccccc1)C[C@@H](C)N. The van der Waals surface area contributed by atoms with Crippen LogP contribution in [0.3, 0.4) is 0 Å². The standard InChI is InChI=1S/C15H23BrN2O/c1-11(2)14(16)15(19)18(9-12(3)17)10-13-7-5-4-6-8-13/h4-8,11-12,14H,9-10,17H2,1-3H3/t12-,14?/m1/s1. The Kier molecular flexibility index (Phi) is 6.52. The number of hydrogen-bond donors (Lipinski definition) is 1. The maximum absolute atomic E-state index is 12.4. The summed E-state index contributed by atoms with van der Waals surface area (Å²) in [6.07, 6.45) is 0. The zero-order valence-corrected chi connectivity index (χ0v) is 13.4. The van der Waals surface area contributed by atoms with Crippen molar-refractivity contribution in [2.24, 2.45) is 11.7 Å². The normalized spacial score (nSPS) is 14.2. The predicted molar refractivity (Wildman–Crippen MR) is 83.1 cm³/mol. The van der Waals surface area contributed by atoms with Crippen molar-refractivity contribution in [3.8, 4) is 0 Å². The highest BCUT2D eigenvalue weighted by atomic mass is 79.9. The lowest BCUT2D eigenvalue weighted by Gasteiger charge is -2.28. The first-order valence-electron chi connectivity index (χ1n) is 6.64. The first-order valence-corrected chi connectivity index (χ1v) is 7.55. The summed E-state index contributed by atoms with van der Waals surface area (Å²) >= 11 is 3.48. The summed E-state index contributed by atoms with van der Waals surface area (Å²) in [7, 11) is 0. The van der Waals surface area contributed by atoms with Gasteiger partial charge in [0.15, 0.2) is 0 Å². The minimum atomic E-state index is -0.157. The van der Waals surface area contributed by atoms with Crippen LogP contribution >= 0.6 is 15.9 Å². The Bertz CT molecular complexity index is 392. The lowest BCUT2D eigenvalue weighted by molar-refractivity contribution is -0.132. The van der Waals surface area contributed by atoms with Crippen LogP contribution in [0.25, 0.3) is 0 Å². The fraction of sp³-hybridized carbons (Fsp3) is 0.533. The number of carbonyl (C=O) groups is 1. The molecule has 106 valence electrons. The van der Waals surface area contributed by atoms with E-state index in [2.05, 4.69) is 15.9 Å². The average Bonchev–Trinajstić information content (AvgIpc) is 2.36. The summed E-state index contributed by atoms with van der Waals surface area (Å²) in [6.45, 7) is 7.16. The molecule has 0 aliphatic rings. The summed E-state index contributed by atoms with van der Waals surface area (Å²) in [5, 5.41) is 0. The molecular formula is C15H23BrN2O. The van der Waals surface area contributed by atoms with E-state index >= 15 is 0 Å². The predicted octanol–water partition coefficient (Wildman–Crippen LogP) is 2.78. The van der Waals surface area contributed by atoms with Crippen LogP contribution in [0, 0.1) is 5.92 Å². The Morgan fingerprint density at radius 1 is 1.26 bits per heavy atom. The second-order valence-electron chi connectivity index (χ2n) is 5.33. The van der Waals surface area contributed by atoms with Gasteiger partial charge in [-0.3, -0.25) is 4.79 Å². The maximum atomic E-state index is 12.4. The van der Waals surface area contributed by atoms with Crippen molar-refractivity contribution in [3.05, 3.63) is 35.9 Å². The van der Waals surface area contributed by atoms with Crippen molar-refractivity contribution in [2.45, 2.75) is 38.2 Å². The Hall–Kier alpha value is -0.870. The van der Waals surface area contributed by atoms with Gasteiger partial charge in [0.1, 0.15) is 0 Å². The van der Waals surface area contributed by atoms with Crippen LogP contribution in [0.15, 0.2) is 30.3 Å². The molecule has 0 aliphatic heterocycles.